The lowest BCUT2D eigenvalue weighted by Crippen LogP contribution is -2.51. The predicted octanol–water partition coefficient (Wildman–Crippen LogP) is 1.98. The summed E-state index contributed by atoms with van der Waals surface area (Å²) in [5, 5.41) is 9.79. The van der Waals surface area contributed by atoms with Gasteiger partial charge in [0, 0.05) is 40.3 Å². The van der Waals surface area contributed by atoms with Gasteiger partial charge in [-0.05, 0) is 42.8 Å². The number of rotatable bonds is 8. The highest BCUT2D eigenvalue weighted by Crippen LogP contribution is 2.30. The third-order valence-corrected chi connectivity index (χ3v) is 9.38. The molecule has 1 heterocycles. The number of benzene rings is 2. The van der Waals surface area contributed by atoms with Crippen LogP contribution in [0.15, 0.2) is 42.5 Å². The summed E-state index contributed by atoms with van der Waals surface area (Å²) < 4.78 is 67.4. The maximum Gasteiger partial charge on any atom is 0.281 e. The van der Waals surface area contributed by atoms with Gasteiger partial charge in [0.2, 0.25) is 10.0 Å². The van der Waals surface area contributed by atoms with E-state index in [0.717, 1.165) is 0 Å². The first-order chi connectivity index (χ1) is 16.0. The molecule has 0 N–H and O–H groups in total. The molecule has 1 fully saturated rings. The molecule has 1 saturated heterocycles. The minimum atomic E-state index is -3.68. The van der Waals surface area contributed by atoms with Gasteiger partial charge in [-0.1, -0.05) is 12.1 Å². The van der Waals surface area contributed by atoms with Crippen LogP contribution in [0, 0.1) is 17.1 Å². The molecule has 9 nitrogen and oxygen atoms in total. The summed E-state index contributed by atoms with van der Waals surface area (Å²) in [5.41, 5.74) is 1.85. The van der Waals surface area contributed by atoms with Crippen molar-refractivity contribution < 1.29 is 21.2 Å². The minimum absolute atomic E-state index is 0.00172. The van der Waals surface area contributed by atoms with Crippen molar-refractivity contribution in [1.82, 2.24) is 8.61 Å². The van der Waals surface area contributed by atoms with E-state index in [1.807, 2.05) is 4.90 Å². The van der Waals surface area contributed by atoms with Gasteiger partial charge in [-0.3, -0.25) is 4.31 Å². The van der Waals surface area contributed by atoms with Crippen LogP contribution < -0.4 is 9.21 Å². The van der Waals surface area contributed by atoms with Crippen LogP contribution in [0.3, 0.4) is 0 Å². The molecule has 0 unspecified atom stereocenters. The molecule has 12 heteroatoms. The fraction of sp³-hybridized carbons (Fsp3) is 0.409. The van der Waals surface area contributed by atoms with Crippen LogP contribution in [0.4, 0.5) is 15.8 Å². The maximum absolute atomic E-state index is 13.3. The van der Waals surface area contributed by atoms with E-state index in [-0.39, 0.29) is 31.0 Å². The standard InChI is InChI=1S/C22H28FN5O4S2/c1-4-33(29,30)28(17-18-5-7-20(23)8-6-18)21-9-10-22(19(15-21)16-24)26-11-13-27(14-12-26)34(31,32)25(2)3/h5-10,15H,4,11-14,17H2,1-3H3. The van der Waals surface area contributed by atoms with E-state index in [1.165, 1.54) is 64.3 Å². The van der Waals surface area contributed by atoms with E-state index < -0.39 is 26.0 Å². The van der Waals surface area contributed by atoms with E-state index in [9.17, 15) is 26.5 Å². The summed E-state index contributed by atoms with van der Waals surface area (Å²) in [4.78, 5) is 1.92. The van der Waals surface area contributed by atoms with E-state index in [2.05, 4.69) is 6.07 Å². The van der Waals surface area contributed by atoms with Gasteiger partial charge in [0.25, 0.3) is 10.2 Å². The number of piperazine rings is 1. The van der Waals surface area contributed by atoms with Gasteiger partial charge in [-0.15, -0.1) is 0 Å². The first-order valence-corrected chi connectivity index (χ1v) is 13.7. The van der Waals surface area contributed by atoms with Crippen LogP contribution in [0.1, 0.15) is 18.1 Å². The molecule has 0 spiro atoms. The summed E-state index contributed by atoms with van der Waals surface area (Å²) in [7, 11) is -4.23. The Bertz CT molecular complexity index is 1270. The zero-order valence-electron chi connectivity index (χ0n) is 19.3. The molecular formula is C22H28FN5O4S2. The normalized spacial score (nSPS) is 15.4. The SMILES string of the molecule is CCS(=O)(=O)N(Cc1ccc(F)cc1)c1ccc(N2CCN(S(=O)(=O)N(C)C)CC2)c(C#N)c1. The van der Waals surface area contributed by atoms with E-state index in [4.69, 9.17) is 0 Å². The number of halogens is 1. The van der Waals surface area contributed by atoms with Crippen molar-refractivity contribution in [2.75, 3.05) is 55.2 Å². The van der Waals surface area contributed by atoms with Gasteiger partial charge in [-0.25, -0.2) is 12.8 Å². The molecular weight excluding hydrogens is 481 g/mol. The molecule has 0 bridgehead atoms. The molecule has 184 valence electrons. The van der Waals surface area contributed by atoms with Gasteiger partial charge in [-0.2, -0.15) is 22.3 Å². The van der Waals surface area contributed by atoms with Crippen molar-refractivity contribution in [3.8, 4) is 6.07 Å². The topological polar surface area (TPSA) is 105 Å². The molecule has 3 rings (SSSR count). The summed E-state index contributed by atoms with van der Waals surface area (Å²) >= 11 is 0. The Morgan fingerprint density at radius 3 is 2.15 bits per heavy atom. The maximum atomic E-state index is 13.3. The molecule has 0 radical (unpaired) electrons. The third-order valence-electron chi connectivity index (χ3n) is 5.70. The number of nitriles is 1. The number of sulfonamides is 1. The van der Waals surface area contributed by atoms with Gasteiger partial charge in [0.1, 0.15) is 11.9 Å². The zero-order chi connectivity index (χ0) is 25.1. The summed E-state index contributed by atoms with van der Waals surface area (Å²) in [6, 6.07) is 12.6. The highest BCUT2D eigenvalue weighted by molar-refractivity contribution is 7.92. The molecule has 0 atom stereocenters. The Kier molecular flexibility index (Phi) is 7.82. The van der Waals surface area contributed by atoms with Gasteiger partial charge in [0.15, 0.2) is 0 Å². The molecule has 2 aromatic rings. The second-order valence-corrected chi connectivity index (χ2v) is 12.3. The fourth-order valence-corrected chi connectivity index (χ4v) is 5.88. The largest absolute Gasteiger partial charge is 0.368 e. The molecule has 1 aliphatic heterocycles. The molecule has 0 aromatic heterocycles. The number of anilines is 2. The van der Waals surface area contributed by atoms with Crippen molar-refractivity contribution in [3.05, 3.63) is 59.4 Å². The lowest BCUT2D eigenvalue weighted by atomic mass is 10.1. The molecule has 0 aliphatic carbocycles. The minimum Gasteiger partial charge on any atom is -0.368 e. The first kappa shape index (κ1) is 25.9. The first-order valence-electron chi connectivity index (χ1n) is 10.7. The summed E-state index contributed by atoms with van der Waals surface area (Å²) in [6.45, 7) is 2.87. The van der Waals surface area contributed by atoms with Gasteiger partial charge in [0.05, 0.1) is 29.2 Å². The van der Waals surface area contributed by atoms with Crippen LogP contribution in [-0.4, -0.2) is 71.5 Å². The highest BCUT2D eigenvalue weighted by Gasteiger charge is 2.30. The smallest absolute Gasteiger partial charge is 0.281 e. The van der Waals surface area contributed by atoms with Crippen molar-refractivity contribution in [2.45, 2.75) is 13.5 Å². The van der Waals surface area contributed by atoms with Crippen LogP contribution in [0.25, 0.3) is 0 Å². The number of hydrogen-bond acceptors (Lipinski definition) is 6. The van der Waals surface area contributed by atoms with Crippen LogP contribution in [-0.2, 0) is 26.8 Å². The van der Waals surface area contributed by atoms with Crippen LogP contribution in [0.2, 0.25) is 0 Å². The zero-order valence-corrected chi connectivity index (χ0v) is 21.0. The molecule has 0 amide bonds. The Morgan fingerprint density at radius 1 is 1.00 bits per heavy atom. The second kappa shape index (κ2) is 10.3. The van der Waals surface area contributed by atoms with Crippen LogP contribution in [0.5, 0.6) is 0 Å². The summed E-state index contributed by atoms with van der Waals surface area (Å²) in [5.74, 6) is -0.552. The Morgan fingerprint density at radius 2 is 1.62 bits per heavy atom. The monoisotopic (exact) mass is 509 g/mol. The van der Waals surface area contributed by atoms with Crippen molar-refractivity contribution in [3.63, 3.8) is 0 Å². The average molecular weight is 510 g/mol. The van der Waals surface area contributed by atoms with Crippen molar-refractivity contribution >= 4 is 31.6 Å². The van der Waals surface area contributed by atoms with Crippen molar-refractivity contribution in [2.24, 2.45) is 0 Å². The van der Waals surface area contributed by atoms with E-state index in [1.54, 1.807) is 12.1 Å². The summed E-state index contributed by atoms with van der Waals surface area (Å²) in [6.07, 6.45) is 0. The van der Waals surface area contributed by atoms with Crippen LogP contribution >= 0.6 is 0 Å². The fourth-order valence-electron chi connectivity index (χ4n) is 3.70. The average Bonchev–Trinajstić information content (AvgIpc) is 2.83. The highest BCUT2D eigenvalue weighted by atomic mass is 32.2. The number of hydrogen-bond donors (Lipinski definition) is 0. The lowest BCUT2D eigenvalue weighted by molar-refractivity contribution is 0.355. The molecule has 34 heavy (non-hydrogen) atoms. The van der Waals surface area contributed by atoms with E-state index >= 15 is 0 Å². The predicted molar refractivity (Wildman–Crippen MR) is 130 cm³/mol. The van der Waals surface area contributed by atoms with E-state index in [0.29, 0.717) is 30.0 Å². The molecule has 2 aromatic carbocycles. The number of nitrogens with zero attached hydrogens (tertiary/aromatic N) is 5. The second-order valence-electron chi connectivity index (χ2n) is 8.02. The Labute approximate surface area is 200 Å². The Balaban J connectivity index is 1.88. The lowest BCUT2D eigenvalue weighted by Gasteiger charge is -2.37. The third kappa shape index (κ3) is 5.50. The molecule has 1 aliphatic rings. The van der Waals surface area contributed by atoms with Crippen molar-refractivity contribution in [1.29, 1.82) is 5.26 Å². The van der Waals surface area contributed by atoms with Gasteiger partial charge < -0.3 is 4.90 Å². The quantitative estimate of drug-likeness (QED) is 0.539. The van der Waals surface area contributed by atoms with Gasteiger partial charge >= 0.3 is 0 Å². The Hall–Kier alpha value is -2.72. The molecule has 0 saturated carbocycles.